The zero-order chi connectivity index (χ0) is 13.3. The lowest BCUT2D eigenvalue weighted by molar-refractivity contribution is -0.117. The van der Waals surface area contributed by atoms with Crippen molar-refractivity contribution in [3.8, 4) is 0 Å². The Balaban J connectivity index is 2.30. The summed E-state index contributed by atoms with van der Waals surface area (Å²) in [5.41, 5.74) is 0.315. The van der Waals surface area contributed by atoms with Gasteiger partial charge in [0.15, 0.2) is 0 Å². The number of hydrogen-bond donors (Lipinski definition) is 0. The van der Waals surface area contributed by atoms with Gasteiger partial charge in [-0.25, -0.2) is 9.18 Å². The highest BCUT2D eigenvalue weighted by Gasteiger charge is 2.30. The highest BCUT2D eigenvalue weighted by molar-refractivity contribution is 9.09. The molecule has 1 saturated heterocycles. The summed E-state index contributed by atoms with van der Waals surface area (Å²) >= 11 is 3.33. The molecule has 4 nitrogen and oxygen atoms in total. The molecule has 1 heterocycles. The van der Waals surface area contributed by atoms with Gasteiger partial charge in [0.05, 0.1) is 18.4 Å². The molecule has 2 rings (SSSR count). The average molecular weight is 316 g/mol. The highest BCUT2D eigenvalue weighted by Crippen LogP contribution is 2.28. The molecule has 0 spiro atoms. The van der Waals surface area contributed by atoms with Crippen LogP contribution in [0.1, 0.15) is 16.8 Å². The second-order valence-electron chi connectivity index (χ2n) is 3.96. The van der Waals surface area contributed by atoms with Crippen LogP contribution in [0.3, 0.4) is 0 Å². The van der Waals surface area contributed by atoms with Gasteiger partial charge in [-0.3, -0.25) is 4.79 Å². The first-order valence-corrected chi connectivity index (χ1v) is 6.27. The normalized spacial score (nSPS) is 19.2. The van der Waals surface area contributed by atoms with Gasteiger partial charge < -0.3 is 9.64 Å². The Kier molecular flexibility index (Phi) is 3.65. The van der Waals surface area contributed by atoms with Crippen molar-refractivity contribution in [1.82, 2.24) is 0 Å². The van der Waals surface area contributed by atoms with Crippen LogP contribution in [0.25, 0.3) is 0 Å². The summed E-state index contributed by atoms with van der Waals surface area (Å²) in [6, 6.07) is 3.94. The van der Waals surface area contributed by atoms with Crippen molar-refractivity contribution < 1.29 is 18.7 Å². The Morgan fingerprint density at radius 1 is 1.56 bits per heavy atom. The van der Waals surface area contributed by atoms with Gasteiger partial charge in [0.25, 0.3) is 0 Å². The summed E-state index contributed by atoms with van der Waals surface area (Å²) in [6.07, 6.45) is 0.345. The summed E-state index contributed by atoms with van der Waals surface area (Å²) < 4.78 is 18.4. The van der Waals surface area contributed by atoms with E-state index in [2.05, 4.69) is 20.7 Å². The van der Waals surface area contributed by atoms with Crippen molar-refractivity contribution in [2.75, 3.05) is 18.6 Å². The van der Waals surface area contributed by atoms with Crippen molar-refractivity contribution in [3.63, 3.8) is 0 Å². The zero-order valence-electron chi connectivity index (χ0n) is 9.65. The van der Waals surface area contributed by atoms with Gasteiger partial charge in [0.1, 0.15) is 5.82 Å². The lowest BCUT2D eigenvalue weighted by atomic mass is 10.2. The predicted octanol–water partition coefficient (Wildman–Crippen LogP) is 2.11. The minimum absolute atomic E-state index is 0.0321. The van der Waals surface area contributed by atoms with Crippen molar-refractivity contribution >= 4 is 33.5 Å². The maximum Gasteiger partial charge on any atom is 0.337 e. The Morgan fingerprint density at radius 3 is 2.78 bits per heavy atom. The molecule has 0 aliphatic carbocycles. The van der Waals surface area contributed by atoms with Crippen LogP contribution < -0.4 is 4.90 Å². The van der Waals surface area contributed by atoms with Gasteiger partial charge in [-0.2, -0.15) is 0 Å². The molecule has 1 amide bonds. The van der Waals surface area contributed by atoms with E-state index in [9.17, 15) is 14.0 Å². The van der Waals surface area contributed by atoms with Crippen LogP contribution in [0.2, 0.25) is 0 Å². The van der Waals surface area contributed by atoms with Crippen LogP contribution in [0.5, 0.6) is 0 Å². The van der Waals surface area contributed by atoms with Crippen LogP contribution in [-0.4, -0.2) is 30.4 Å². The number of anilines is 1. The third-order valence-electron chi connectivity index (χ3n) is 2.74. The van der Waals surface area contributed by atoms with Crippen molar-refractivity contribution in [2.24, 2.45) is 0 Å². The number of alkyl halides is 1. The van der Waals surface area contributed by atoms with E-state index in [1.807, 2.05) is 0 Å². The van der Waals surface area contributed by atoms with Gasteiger partial charge in [0, 0.05) is 17.8 Å². The van der Waals surface area contributed by atoms with E-state index < -0.39 is 11.8 Å². The van der Waals surface area contributed by atoms with Crippen LogP contribution in [0, 0.1) is 5.82 Å². The maximum atomic E-state index is 13.9. The predicted molar refractivity (Wildman–Crippen MR) is 67.4 cm³/mol. The number of methoxy groups -OCH3 is 1. The van der Waals surface area contributed by atoms with E-state index in [0.717, 1.165) is 6.07 Å². The summed E-state index contributed by atoms with van der Waals surface area (Å²) in [5, 5.41) is 0. The number of amides is 1. The highest BCUT2D eigenvalue weighted by atomic mass is 79.9. The Morgan fingerprint density at radius 2 is 2.28 bits per heavy atom. The molecular weight excluding hydrogens is 305 g/mol. The minimum Gasteiger partial charge on any atom is -0.465 e. The van der Waals surface area contributed by atoms with Crippen molar-refractivity contribution in [1.29, 1.82) is 0 Å². The fourth-order valence-electron chi connectivity index (χ4n) is 1.87. The average Bonchev–Trinajstić information content (AvgIpc) is 2.67. The van der Waals surface area contributed by atoms with Crippen molar-refractivity contribution in [2.45, 2.75) is 11.2 Å². The molecule has 0 saturated carbocycles. The van der Waals surface area contributed by atoms with E-state index in [0.29, 0.717) is 13.0 Å². The molecule has 18 heavy (non-hydrogen) atoms. The van der Waals surface area contributed by atoms with E-state index in [1.54, 1.807) is 0 Å². The lowest BCUT2D eigenvalue weighted by Gasteiger charge is -2.17. The van der Waals surface area contributed by atoms with Gasteiger partial charge in [-0.05, 0) is 18.2 Å². The van der Waals surface area contributed by atoms with Gasteiger partial charge in [-0.15, -0.1) is 0 Å². The number of halogens is 2. The molecule has 1 atom stereocenters. The molecule has 0 bridgehead atoms. The quantitative estimate of drug-likeness (QED) is 0.620. The Bertz CT molecular complexity index is 506. The molecule has 1 aromatic rings. The third-order valence-corrected chi connectivity index (χ3v) is 3.35. The first kappa shape index (κ1) is 13.0. The molecule has 1 unspecified atom stereocenters. The number of nitrogens with zero attached hydrogens (tertiary/aromatic N) is 1. The first-order chi connectivity index (χ1) is 8.52. The molecule has 1 fully saturated rings. The number of carbonyl (C=O) groups is 2. The monoisotopic (exact) mass is 315 g/mol. The smallest absolute Gasteiger partial charge is 0.337 e. The molecule has 0 aromatic heterocycles. The van der Waals surface area contributed by atoms with Crippen molar-refractivity contribution in [3.05, 3.63) is 29.6 Å². The topological polar surface area (TPSA) is 46.6 Å². The first-order valence-electron chi connectivity index (χ1n) is 5.35. The fourth-order valence-corrected chi connectivity index (χ4v) is 2.43. The summed E-state index contributed by atoms with van der Waals surface area (Å²) in [5.74, 6) is -1.35. The molecule has 0 N–H and O–H groups in total. The molecule has 1 aliphatic rings. The van der Waals surface area contributed by atoms with E-state index in [1.165, 1.54) is 24.1 Å². The second-order valence-corrected chi connectivity index (χ2v) is 5.26. The molecule has 1 aromatic carbocycles. The van der Waals surface area contributed by atoms with Gasteiger partial charge in [-0.1, -0.05) is 15.9 Å². The molecular formula is C12H11BrFNO3. The third kappa shape index (κ3) is 2.38. The van der Waals surface area contributed by atoms with Crippen LogP contribution in [0.4, 0.5) is 10.1 Å². The summed E-state index contributed by atoms with van der Waals surface area (Å²) in [4.78, 5) is 24.3. The lowest BCUT2D eigenvalue weighted by Crippen LogP contribution is -2.25. The summed E-state index contributed by atoms with van der Waals surface area (Å²) in [6.45, 7) is 0.424. The van der Waals surface area contributed by atoms with Gasteiger partial charge >= 0.3 is 5.97 Å². The largest absolute Gasteiger partial charge is 0.465 e. The zero-order valence-corrected chi connectivity index (χ0v) is 11.2. The van der Waals surface area contributed by atoms with E-state index in [-0.39, 0.29) is 22.0 Å². The van der Waals surface area contributed by atoms with Gasteiger partial charge in [0.2, 0.25) is 5.91 Å². The minimum atomic E-state index is -0.605. The van der Waals surface area contributed by atoms with Crippen LogP contribution >= 0.6 is 15.9 Å². The van der Waals surface area contributed by atoms with E-state index >= 15 is 0 Å². The number of ether oxygens (including phenoxy) is 1. The standard InChI is InChI=1S/C12H11BrFNO3/c1-18-12(17)7-2-3-10(9(14)4-7)15-6-8(13)5-11(15)16/h2-4,8H,5-6H2,1H3. The SMILES string of the molecule is COC(=O)c1ccc(N2CC(Br)CC2=O)c(F)c1. The molecule has 6 heteroatoms. The number of carbonyl (C=O) groups excluding carboxylic acids is 2. The van der Waals surface area contributed by atoms with Crippen LogP contribution in [0.15, 0.2) is 18.2 Å². The maximum absolute atomic E-state index is 13.9. The second kappa shape index (κ2) is 5.06. The van der Waals surface area contributed by atoms with E-state index in [4.69, 9.17) is 0 Å². The molecule has 1 aliphatic heterocycles. The number of rotatable bonds is 2. The Labute approximate surface area is 112 Å². The summed E-state index contributed by atoms with van der Waals surface area (Å²) in [7, 11) is 1.23. The number of benzene rings is 1. The fraction of sp³-hybridized carbons (Fsp3) is 0.333. The van der Waals surface area contributed by atoms with Crippen LogP contribution in [-0.2, 0) is 9.53 Å². The Hall–Kier alpha value is -1.43. The number of esters is 1. The molecule has 0 radical (unpaired) electrons. The number of hydrogen-bond acceptors (Lipinski definition) is 3. The molecule has 96 valence electrons.